The summed E-state index contributed by atoms with van der Waals surface area (Å²) in [4.78, 5) is 20.4. The molecule has 0 aliphatic carbocycles. The van der Waals surface area contributed by atoms with Gasteiger partial charge in [-0.2, -0.15) is 0 Å². The summed E-state index contributed by atoms with van der Waals surface area (Å²) in [6.45, 7) is 2.95. The number of benzene rings is 1. The van der Waals surface area contributed by atoms with E-state index < -0.39 is 0 Å². The Hall–Kier alpha value is -2.34. The fraction of sp³-hybridized carbons (Fsp3) is 0.222. The Labute approximate surface area is 149 Å². The van der Waals surface area contributed by atoms with Gasteiger partial charge >= 0.3 is 0 Å². The molecule has 1 aliphatic heterocycles. The maximum absolute atomic E-state index is 12.3. The number of halogens is 1. The van der Waals surface area contributed by atoms with Crippen molar-refractivity contribution in [2.75, 3.05) is 31.1 Å². The van der Waals surface area contributed by atoms with Crippen molar-refractivity contribution < 1.29 is 9.90 Å². The average molecular weight is 388 g/mol. The van der Waals surface area contributed by atoms with Crippen molar-refractivity contribution in [2.45, 2.75) is 0 Å². The van der Waals surface area contributed by atoms with Gasteiger partial charge in [0.25, 0.3) is 0 Å². The number of nitrogens with zero attached hydrogens (tertiary/aromatic N) is 3. The number of anilines is 1. The van der Waals surface area contributed by atoms with Gasteiger partial charge in [-0.25, -0.2) is 0 Å². The lowest BCUT2D eigenvalue weighted by molar-refractivity contribution is -0.126. The predicted molar refractivity (Wildman–Crippen MR) is 97.9 cm³/mol. The Balaban J connectivity index is 1.59. The zero-order valence-corrected chi connectivity index (χ0v) is 14.7. The summed E-state index contributed by atoms with van der Waals surface area (Å²) < 4.78 is 0.860. The van der Waals surface area contributed by atoms with Gasteiger partial charge in [0.1, 0.15) is 5.75 Å². The lowest BCUT2D eigenvalue weighted by Gasteiger charge is -2.35. The van der Waals surface area contributed by atoms with Gasteiger partial charge in [0.15, 0.2) is 0 Å². The fourth-order valence-electron chi connectivity index (χ4n) is 2.67. The van der Waals surface area contributed by atoms with Crippen molar-refractivity contribution >= 4 is 33.6 Å². The van der Waals surface area contributed by atoms with Crippen molar-refractivity contribution in [1.29, 1.82) is 0 Å². The van der Waals surface area contributed by atoms with Crippen molar-refractivity contribution in [3.8, 4) is 5.75 Å². The highest BCUT2D eigenvalue weighted by Gasteiger charge is 2.19. The van der Waals surface area contributed by atoms with Gasteiger partial charge in [0.05, 0.1) is 0 Å². The van der Waals surface area contributed by atoms with E-state index in [4.69, 9.17) is 0 Å². The second kappa shape index (κ2) is 7.49. The maximum atomic E-state index is 12.3. The van der Waals surface area contributed by atoms with Crippen LogP contribution < -0.4 is 4.90 Å². The van der Waals surface area contributed by atoms with E-state index in [1.54, 1.807) is 36.7 Å². The molecule has 6 heteroatoms. The summed E-state index contributed by atoms with van der Waals surface area (Å²) in [6.07, 6.45) is 6.72. The second-order valence-electron chi connectivity index (χ2n) is 5.55. The van der Waals surface area contributed by atoms with Crippen LogP contribution >= 0.6 is 15.9 Å². The van der Waals surface area contributed by atoms with Crippen LogP contribution in [-0.2, 0) is 4.79 Å². The first-order valence-corrected chi connectivity index (χ1v) is 8.53. The molecule has 1 fully saturated rings. The van der Waals surface area contributed by atoms with Crippen LogP contribution in [0.15, 0.2) is 53.3 Å². The molecule has 2 heterocycles. The van der Waals surface area contributed by atoms with Gasteiger partial charge in [0.2, 0.25) is 5.91 Å². The molecule has 24 heavy (non-hydrogen) atoms. The molecule has 1 aromatic carbocycles. The third-order valence-electron chi connectivity index (χ3n) is 4.01. The Morgan fingerprint density at radius 3 is 2.54 bits per heavy atom. The van der Waals surface area contributed by atoms with Crippen LogP contribution in [0.25, 0.3) is 6.08 Å². The van der Waals surface area contributed by atoms with Crippen LogP contribution in [-0.4, -0.2) is 47.1 Å². The first-order valence-electron chi connectivity index (χ1n) is 7.74. The molecule has 2 aromatic rings. The SMILES string of the molecule is O=C(/C=C/c1cc(Br)ccc1O)N1CCN(c2ccncc2)CC1. The summed E-state index contributed by atoms with van der Waals surface area (Å²) >= 11 is 3.36. The third-order valence-corrected chi connectivity index (χ3v) is 4.51. The molecule has 0 radical (unpaired) electrons. The fourth-order valence-corrected chi connectivity index (χ4v) is 3.04. The average Bonchev–Trinajstić information content (AvgIpc) is 2.63. The number of phenolic OH excluding ortho intramolecular Hbond substituents is 1. The highest BCUT2D eigenvalue weighted by molar-refractivity contribution is 9.10. The lowest BCUT2D eigenvalue weighted by atomic mass is 10.2. The van der Waals surface area contributed by atoms with E-state index in [0.29, 0.717) is 18.7 Å². The molecule has 0 bridgehead atoms. The normalized spacial score (nSPS) is 15.0. The summed E-state index contributed by atoms with van der Waals surface area (Å²) in [6, 6.07) is 9.09. The topological polar surface area (TPSA) is 56.7 Å². The van der Waals surface area contributed by atoms with E-state index >= 15 is 0 Å². The number of rotatable bonds is 3. The van der Waals surface area contributed by atoms with Crippen LogP contribution in [0.3, 0.4) is 0 Å². The molecule has 1 aromatic heterocycles. The Bertz CT molecular complexity index is 741. The van der Waals surface area contributed by atoms with Crippen molar-refractivity contribution in [3.05, 3.63) is 58.8 Å². The van der Waals surface area contributed by atoms with Crippen LogP contribution in [0.5, 0.6) is 5.75 Å². The van der Waals surface area contributed by atoms with Gasteiger partial charge in [0, 0.05) is 60.4 Å². The quantitative estimate of drug-likeness (QED) is 0.822. The number of carbonyl (C=O) groups is 1. The van der Waals surface area contributed by atoms with E-state index in [2.05, 4.69) is 25.8 Å². The summed E-state index contributed by atoms with van der Waals surface area (Å²) in [5.41, 5.74) is 1.75. The number of phenols is 1. The van der Waals surface area contributed by atoms with Crippen molar-refractivity contribution in [3.63, 3.8) is 0 Å². The zero-order chi connectivity index (χ0) is 16.9. The third kappa shape index (κ3) is 3.94. The van der Waals surface area contributed by atoms with Gasteiger partial charge in [-0.3, -0.25) is 9.78 Å². The van der Waals surface area contributed by atoms with E-state index in [1.807, 2.05) is 17.0 Å². The van der Waals surface area contributed by atoms with Gasteiger partial charge < -0.3 is 14.9 Å². The smallest absolute Gasteiger partial charge is 0.246 e. The first kappa shape index (κ1) is 16.5. The minimum Gasteiger partial charge on any atom is -0.507 e. The molecule has 124 valence electrons. The van der Waals surface area contributed by atoms with Crippen molar-refractivity contribution in [2.24, 2.45) is 0 Å². The number of hydrogen-bond donors (Lipinski definition) is 1. The molecule has 0 atom stereocenters. The second-order valence-corrected chi connectivity index (χ2v) is 6.47. The molecule has 5 nitrogen and oxygen atoms in total. The molecule has 1 saturated heterocycles. The van der Waals surface area contributed by atoms with Gasteiger partial charge in [-0.15, -0.1) is 0 Å². The van der Waals surface area contributed by atoms with Crippen LogP contribution in [0.4, 0.5) is 5.69 Å². The molecule has 1 aliphatic rings. The highest BCUT2D eigenvalue weighted by Crippen LogP contribution is 2.23. The van der Waals surface area contributed by atoms with Crippen LogP contribution in [0, 0.1) is 0 Å². The molecule has 0 spiro atoms. The highest BCUT2D eigenvalue weighted by atomic mass is 79.9. The zero-order valence-electron chi connectivity index (χ0n) is 13.1. The number of aromatic nitrogens is 1. The van der Waals surface area contributed by atoms with E-state index in [0.717, 1.165) is 23.2 Å². The largest absolute Gasteiger partial charge is 0.507 e. The number of carbonyl (C=O) groups excluding carboxylic acids is 1. The number of piperazine rings is 1. The molecular weight excluding hydrogens is 370 g/mol. The van der Waals surface area contributed by atoms with Gasteiger partial charge in [-0.05, 0) is 36.4 Å². The number of pyridine rings is 1. The van der Waals surface area contributed by atoms with E-state index in [9.17, 15) is 9.90 Å². The summed E-state index contributed by atoms with van der Waals surface area (Å²) in [5.74, 6) is 0.119. The Kier molecular flexibility index (Phi) is 5.15. The monoisotopic (exact) mass is 387 g/mol. The molecule has 0 unspecified atom stereocenters. The van der Waals surface area contributed by atoms with Crippen LogP contribution in [0.2, 0.25) is 0 Å². The number of hydrogen-bond acceptors (Lipinski definition) is 4. The lowest BCUT2D eigenvalue weighted by Crippen LogP contribution is -2.48. The first-order chi connectivity index (χ1) is 11.6. The Morgan fingerprint density at radius 1 is 1.12 bits per heavy atom. The Morgan fingerprint density at radius 2 is 1.83 bits per heavy atom. The standard InChI is InChI=1S/C18H18BrN3O2/c19-15-2-3-17(23)14(13-15)1-4-18(24)22-11-9-21(10-12-22)16-5-7-20-8-6-16/h1-8,13,23H,9-12H2/b4-1+. The van der Waals surface area contributed by atoms with E-state index in [-0.39, 0.29) is 11.7 Å². The van der Waals surface area contributed by atoms with Crippen molar-refractivity contribution in [1.82, 2.24) is 9.88 Å². The van der Waals surface area contributed by atoms with E-state index in [1.165, 1.54) is 6.08 Å². The minimum absolute atomic E-state index is 0.0382. The number of amides is 1. The molecule has 1 N–H and O–H groups in total. The predicted octanol–water partition coefficient (Wildman–Crippen LogP) is 2.91. The maximum Gasteiger partial charge on any atom is 0.246 e. The van der Waals surface area contributed by atoms with Crippen LogP contribution in [0.1, 0.15) is 5.56 Å². The van der Waals surface area contributed by atoms with Gasteiger partial charge in [-0.1, -0.05) is 15.9 Å². The molecular formula is C18H18BrN3O2. The summed E-state index contributed by atoms with van der Waals surface area (Å²) in [5, 5.41) is 9.81. The molecule has 0 saturated carbocycles. The minimum atomic E-state index is -0.0382. The number of aromatic hydroxyl groups is 1. The summed E-state index contributed by atoms with van der Waals surface area (Å²) in [7, 11) is 0. The molecule has 1 amide bonds. The molecule has 3 rings (SSSR count).